The zero-order valence-corrected chi connectivity index (χ0v) is 9.28. The predicted molar refractivity (Wildman–Crippen MR) is 54.8 cm³/mol. The number of esters is 1. The summed E-state index contributed by atoms with van der Waals surface area (Å²) in [6.45, 7) is 4.36. The smallest absolute Gasteiger partial charge is 0.434 e. The van der Waals surface area contributed by atoms with E-state index in [0.29, 0.717) is 13.2 Å². The van der Waals surface area contributed by atoms with Gasteiger partial charge in [0.15, 0.2) is 0 Å². The van der Waals surface area contributed by atoms with E-state index in [1.165, 1.54) is 0 Å². The summed E-state index contributed by atoms with van der Waals surface area (Å²) < 4.78 is 9.51. The Morgan fingerprint density at radius 3 is 3.00 bits per heavy atom. The lowest BCUT2D eigenvalue weighted by Crippen LogP contribution is -2.23. The molecule has 0 saturated heterocycles. The van der Waals surface area contributed by atoms with Gasteiger partial charge in [-0.05, 0) is 13.8 Å². The molecule has 7 heteroatoms. The molecule has 0 aliphatic heterocycles. The predicted octanol–water partition coefficient (Wildman–Crippen LogP) is -0.0333. The molecule has 1 aromatic rings. The number of hydrogen-bond acceptors (Lipinski definition) is 6. The third kappa shape index (κ3) is 3.85. The summed E-state index contributed by atoms with van der Waals surface area (Å²) in [4.78, 5) is 21.7. The summed E-state index contributed by atoms with van der Waals surface area (Å²) in [6.07, 6.45) is 0.271. The van der Waals surface area contributed by atoms with Gasteiger partial charge in [-0.2, -0.15) is 0 Å². The molecular weight excluding hydrogens is 214 g/mol. The molecule has 1 atom stereocenters. The van der Waals surface area contributed by atoms with E-state index in [0.717, 1.165) is 0 Å². The Kier molecular flexibility index (Phi) is 4.71. The first-order chi connectivity index (χ1) is 7.63. The third-order valence-corrected chi connectivity index (χ3v) is 1.91. The van der Waals surface area contributed by atoms with Gasteiger partial charge in [0.1, 0.15) is 0 Å². The van der Waals surface area contributed by atoms with E-state index in [-0.39, 0.29) is 24.3 Å². The lowest BCUT2D eigenvalue weighted by Gasteiger charge is -2.08. The maximum Gasteiger partial charge on any atom is 0.434 e. The van der Waals surface area contributed by atoms with Crippen molar-refractivity contribution in [2.24, 2.45) is 0 Å². The highest BCUT2D eigenvalue weighted by Crippen LogP contribution is 2.04. The largest absolute Gasteiger partial charge is 0.466 e. The van der Waals surface area contributed by atoms with Crippen LogP contribution in [-0.2, 0) is 9.53 Å². The first-order valence-electron chi connectivity index (χ1n) is 5.08. The summed E-state index contributed by atoms with van der Waals surface area (Å²) in [5, 5.41) is 8.82. The van der Waals surface area contributed by atoms with Crippen LogP contribution in [0.1, 0.15) is 32.2 Å². The van der Waals surface area contributed by atoms with Crippen molar-refractivity contribution in [3.05, 3.63) is 16.4 Å². The number of H-pyrrole nitrogens is 1. The van der Waals surface area contributed by atoms with E-state index in [1.54, 1.807) is 13.8 Å². The van der Waals surface area contributed by atoms with Crippen molar-refractivity contribution in [2.45, 2.75) is 26.3 Å². The molecule has 1 aromatic heterocycles. The SMILES string of the molecule is CCOC(=O)CCN[C@H](C)c1n[nH]c(=O)o1. The number of rotatable bonds is 6. The Hall–Kier alpha value is -1.63. The highest BCUT2D eigenvalue weighted by Gasteiger charge is 2.11. The fourth-order valence-electron chi connectivity index (χ4n) is 1.14. The van der Waals surface area contributed by atoms with Crippen LogP contribution in [0.4, 0.5) is 0 Å². The van der Waals surface area contributed by atoms with Crippen LogP contribution in [0.5, 0.6) is 0 Å². The molecule has 7 nitrogen and oxygen atoms in total. The standard InChI is InChI=1S/C9H15N3O4/c1-3-15-7(13)4-5-10-6(2)8-11-12-9(14)16-8/h6,10H,3-5H2,1-2H3,(H,12,14)/t6-/m1/s1. The van der Waals surface area contributed by atoms with Gasteiger partial charge in [0.05, 0.1) is 19.1 Å². The average molecular weight is 229 g/mol. The molecule has 0 amide bonds. The number of nitrogens with zero attached hydrogens (tertiary/aromatic N) is 1. The van der Waals surface area contributed by atoms with Gasteiger partial charge >= 0.3 is 11.7 Å². The Morgan fingerprint density at radius 2 is 2.44 bits per heavy atom. The van der Waals surface area contributed by atoms with E-state index >= 15 is 0 Å². The third-order valence-electron chi connectivity index (χ3n) is 1.91. The fraction of sp³-hybridized carbons (Fsp3) is 0.667. The molecule has 0 saturated carbocycles. The van der Waals surface area contributed by atoms with Crippen LogP contribution in [0, 0.1) is 0 Å². The monoisotopic (exact) mass is 229 g/mol. The molecule has 0 aliphatic rings. The number of aromatic amines is 1. The van der Waals surface area contributed by atoms with Crippen LogP contribution >= 0.6 is 0 Å². The number of carbonyl (C=O) groups is 1. The quantitative estimate of drug-likeness (QED) is 0.665. The second-order valence-electron chi connectivity index (χ2n) is 3.18. The molecule has 0 radical (unpaired) electrons. The Bertz CT molecular complexity index is 384. The van der Waals surface area contributed by atoms with Gasteiger partial charge in [0.2, 0.25) is 5.89 Å². The number of ether oxygens (including phenoxy) is 1. The van der Waals surface area contributed by atoms with E-state index in [1.807, 2.05) is 0 Å². The first-order valence-corrected chi connectivity index (χ1v) is 5.08. The highest BCUT2D eigenvalue weighted by molar-refractivity contribution is 5.69. The van der Waals surface area contributed by atoms with Gasteiger partial charge in [-0.1, -0.05) is 0 Å². The van der Waals surface area contributed by atoms with E-state index in [9.17, 15) is 9.59 Å². The van der Waals surface area contributed by atoms with E-state index in [4.69, 9.17) is 9.15 Å². The van der Waals surface area contributed by atoms with Gasteiger partial charge in [0, 0.05) is 6.54 Å². The molecular formula is C9H15N3O4. The molecule has 0 aliphatic carbocycles. The Morgan fingerprint density at radius 1 is 1.69 bits per heavy atom. The number of hydrogen-bond donors (Lipinski definition) is 2. The molecule has 0 spiro atoms. The summed E-state index contributed by atoms with van der Waals surface area (Å²) in [5.41, 5.74) is 0. The number of aromatic nitrogens is 2. The topological polar surface area (TPSA) is 97.2 Å². The average Bonchev–Trinajstić information content (AvgIpc) is 2.65. The molecule has 0 bridgehead atoms. The lowest BCUT2D eigenvalue weighted by atomic mass is 10.3. The second kappa shape index (κ2) is 6.06. The normalized spacial score (nSPS) is 12.4. The summed E-state index contributed by atoms with van der Waals surface area (Å²) in [6, 6.07) is -0.228. The van der Waals surface area contributed by atoms with Crippen molar-refractivity contribution < 1.29 is 13.9 Å². The van der Waals surface area contributed by atoms with Gasteiger partial charge in [-0.25, -0.2) is 9.89 Å². The van der Waals surface area contributed by atoms with Gasteiger partial charge in [-0.3, -0.25) is 4.79 Å². The van der Waals surface area contributed by atoms with Crippen LogP contribution in [0.15, 0.2) is 9.21 Å². The summed E-state index contributed by atoms with van der Waals surface area (Å²) in [7, 11) is 0. The molecule has 0 fully saturated rings. The minimum absolute atomic E-state index is 0.228. The maximum absolute atomic E-state index is 11.0. The zero-order chi connectivity index (χ0) is 12.0. The van der Waals surface area contributed by atoms with Crippen molar-refractivity contribution in [3.8, 4) is 0 Å². The Balaban J connectivity index is 2.28. The number of nitrogens with one attached hydrogen (secondary N) is 2. The minimum Gasteiger partial charge on any atom is -0.466 e. The molecule has 16 heavy (non-hydrogen) atoms. The second-order valence-corrected chi connectivity index (χ2v) is 3.18. The van der Waals surface area contributed by atoms with Crippen molar-refractivity contribution in [3.63, 3.8) is 0 Å². The van der Waals surface area contributed by atoms with Crippen LogP contribution < -0.4 is 11.1 Å². The molecule has 1 heterocycles. The van der Waals surface area contributed by atoms with Crippen LogP contribution in [0.2, 0.25) is 0 Å². The van der Waals surface area contributed by atoms with Crippen molar-refractivity contribution in [2.75, 3.05) is 13.2 Å². The molecule has 90 valence electrons. The summed E-state index contributed by atoms with van der Waals surface area (Å²) in [5.74, 6) is -0.575. The fourth-order valence-corrected chi connectivity index (χ4v) is 1.14. The maximum atomic E-state index is 11.0. The van der Waals surface area contributed by atoms with Gasteiger partial charge in [0.25, 0.3) is 0 Å². The van der Waals surface area contributed by atoms with E-state index < -0.39 is 5.76 Å². The minimum atomic E-state index is -0.589. The van der Waals surface area contributed by atoms with Crippen molar-refractivity contribution in [1.29, 1.82) is 0 Å². The van der Waals surface area contributed by atoms with Crippen LogP contribution in [0.3, 0.4) is 0 Å². The lowest BCUT2D eigenvalue weighted by molar-refractivity contribution is -0.143. The van der Waals surface area contributed by atoms with Gasteiger partial charge < -0.3 is 14.5 Å². The van der Waals surface area contributed by atoms with Crippen molar-refractivity contribution >= 4 is 5.97 Å². The summed E-state index contributed by atoms with van der Waals surface area (Å²) >= 11 is 0. The van der Waals surface area contributed by atoms with Crippen molar-refractivity contribution in [1.82, 2.24) is 15.5 Å². The van der Waals surface area contributed by atoms with E-state index in [2.05, 4.69) is 15.5 Å². The molecule has 2 N–H and O–H groups in total. The molecule has 1 rings (SSSR count). The van der Waals surface area contributed by atoms with Crippen LogP contribution in [-0.4, -0.2) is 29.3 Å². The van der Waals surface area contributed by atoms with Crippen LogP contribution in [0.25, 0.3) is 0 Å². The van der Waals surface area contributed by atoms with Gasteiger partial charge in [-0.15, -0.1) is 5.10 Å². The highest BCUT2D eigenvalue weighted by atomic mass is 16.5. The molecule has 0 aromatic carbocycles. The first kappa shape index (κ1) is 12.4. The molecule has 0 unspecified atom stereocenters. The zero-order valence-electron chi connectivity index (χ0n) is 9.28. The number of carbonyl (C=O) groups excluding carboxylic acids is 1. The Labute approximate surface area is 92.2 Å².